The van der Waals surface area contributed by atoms with E-state index < -0.39 is 29.7 Å². The topological polar surface area (TPSA) is 85.7 Å². The fraction of sp³-hybridized carbons (Fsp3) is 0.348. The van der Waals surface area contributed by atoms with Gasteiger partial charge < -0.3 is 24.3 Å². The Morgan fingerprint density at radius 3 is 2.64 bits per heavy atom. The van der Waals surface area contributed by atoms with Crippen LogP contribution in [0.4, 0.5) is 13.6 Å². The third-order valence-electron chi connectivity index (χ3n) is 5.62. The van der Waals surface area contributed by atoms with Crippen LogP contribution in [0, 0.1) is 18.6 Å². The van der Waals surface area contributed by atoms with Gasteiger partial charge in [0.1, 0.15) is 17.3 Å². The fourth-order valence-corrected chi connectivity index (χ4v) is 4.07. The molecule has 0 unspecified atom stereocenters. The Hall–Kier alpha value is -3.53. The quantitative estimate of drug-likeness (QED) is 0.649. The summed E-state index contributed by atoms with van der Waals surface area (Å²) < 4.78 is 42.5. The molecule has 1 fully saturated rings. The van der Waals surface area contributed by atoms with Gasteiger partial charge in [0.2, 0.25) is 0 Å². The zero-order valence-electron chi connectivity index (χ0n) is 18.5. The molecule has 2 aromatic heterocycles. The summed E-state index contributed by atoms with van der Waals surface area (Å²) >= 11 is 0. The molecule has 0 bridgehead atoms. The Morgan fingerprint density at radius 1 is 1.24 bits per heavy atom. The summed E-state index contributed by atoms with van der Waals surface area (Å²) in [5, 5.41) is 3.07. The van der Waals surface area contributed by atoms with E-state index in [0.717, 1.165) is 17.7 Å². The van der Waals surface area contributed by atoms with Crippen LogP contribution in [-0.4, -0.2) is 66.4 Å². The summed E-state index contributed by atoms with van der Waals surface area (Å²) in [4.78, 5) is 29.8. The van der Waals surface area contributed by atoms with Crippen molar-refractivity contribution in [2.75, 3.05) is 33.9 Å². The first-order valence-corrected chi connectivity index (χ1v) is 10.4. The van der Waals surface area contributed by atoms with Gasteiger partial charge in [-0.15, -0.1) is 0 Å². The summed E-state index contributed by atoms with van der Waals surface area (Å²) in [5.41, 5.74) is 1.31. The number of hydrogen-bond acceptors (Lipinski definition) is 5. The molecule has 4 rings (SSSR count). The number of amides is 2. The van der Waals surface area contributed by atoms with E-state index in [1.165, 1.54) is 19.1 Å². The lowest BCUT2D eigenvalue weighted by molar-refractivity contribution is -0.0310. The van der Waals surface area contributed by atoms with Gasteiger partial charge in [-0.2, -0.15) is 0 Å². The van der Waals surface area contributed by atoms with Crippen LogP contribution < -0.4 is 5.32 Å². The van der Waals surface area contributed by atoms with Gasteiger partial charge in [-0.3, -0.25) is 4.79 Å². The molecule has 1 saturated heterocycles. The molecule has 0 saturated carbocycles. The van der Waals surface area contributed by atoms with E-state index in [1.54, 1.807) is 16.8 Å². The number of methoxy groups -OCH3 is 1. The van der Waals surface area contributed by atoms with Gasteiger partial charge in [-0.1, -0.05) is 0 Å². The lowest BCUT2D eigenvalue weighted by atomic mass is 10.1. The minimum atomic E-state index is -0.866. The number of benzene rings is 1. The maximum Gasteiger partial charge on any atom is 0.409 e. The summed E-state index contributed by atoms with van der Waals surface area (Å²) in [6, 6.07) is 5.55. The van der Waals surface area contributed by atoms with Crippen molar-refractivity contribution in [1.82, 2.24) is 19.8 Å². The minimum absolute atomic E-state index is 0.114. The first kappa shape index (κ1) is 22.7. The van der Waals surface area contributed by atoms with Crippen LogP contribution in [0.3, 0.4) is 0 Å². The number of carbonyl (C=O) groups excluding carboxylic acids is 2. The molecule has 174 valence electrons. The fourth-order valence-electron chi connectivity index (χ4n) is 4.07. The van der Waals surface area contributed by atoms with Gasteiger partial charge in [-0.25, -0.2) is 18.6 Å². The smallest absolute Gasteiger partial charge is 0.409 e. The Balaban J connectivity index is 1.79. The maximum absolute atomic E-state index is 15.1. The molecular formula is C23H24F2N4O4. The molecule has 1 aliphatic rings. The van der Waals surface area contributed by atoms with Gasteiger partial charge in [0.15, 0.2) is 0 Å². The SMILES string of the molecule is CNC(=O)c1cc(F)c(-c2cc3cc(C)cnc3n2C[C@H]2CN(C(=O)OC)CCO2)c(F)c1. The third kappa shape index (κ3) is 4.38. The minimum Gasteiger partial charge on any atom is -0.453 e. The standard InChI is InChI=1S/C23H24F2N4O4/c1-13-6-14-9-19(20-17(24)7-15(8-18(20)25)22(30)26-2)29(21(14)27-10-13)12-16-11-28(4-5-33-16)23(31)32-3/h6-10,16H,4-5,11-12H2,1-3H3,(H,26,30)/t16-/m1/s1. The van der Waals surface area contributed by atoms with Crippen molar-refractivity contribution in [2.24, 2.45) is 0 Å². The second kappa shape index (κ2) is 9.14. The number of halogens is 2. The highest BCUT2D eigenvalue weighted by Gasteiger charge is 2.28. The van der Waals surface area contributed by atoms with Crippen molar-refractivity contribution >= 4 is 23.0 Å². The van der Waals surface area contributed by atoms with E-state index in [4.69, 9.17) is 9.47 Å². The molecule has 3 aromatic rings. The number of aryl methyl sites for hydroxylation is 1. The van der Waals surface area contributed by atoms with Crippen LogP contribution in [-0.2, 0) is 16.0 Å². The third-order valence-corrected chi connectivity index (χ3v) is 5.62. The Morgan fingerprint density at radius 2 is 1.97 bits per heavy atom. The number of rotatable bonds is 4. The van der Waals surface area contributed by atoms with Crippen LogP contribution in [0.2, 0.25) is 0 Å². The summed E-state index contributed by atoms with van der Waals surface area (Å²) in [7, 11) is 2.70. The van der Waals surface area contributed by atoms with Crippen LogP contribution in [0.25, 0.3) is 22.3 Å². The lowest BCUT2D eigenvalue weighted by Gasteiger charge is -2.32. The molecule has 2 amide bonds. The maximum atomic E-state index is 15.1. The number of morpholine rings is 1. The van der Waals surface area contributed by atoms with Crippen molar-refractivity contribution in [1.29, 1.82) is 0 Å². The molecule has 8 nitrogen and oxygen atoms in total. The zero-order valence-corrected chi connectivity index (χ0v) is 18.5. The number of carbonyl (C=O) groups is 2. The second-order valence-electron chi connectivity index (χ2n) is 7.87. The van der Waals surface area contributed by atoms with Crippen molar-refractivity contribution < 1.29 is 27.8 Å². The summed E-state index contributed by atoms with van der Waals surface area (Å²) in [5.74, 6) is -2.32. The van der Waals surface area contributed by atoms with E-state index in [0.29, 0.717) is 24.2 Å². The average Bonchev–Trinajstić information content (AvgIpc) is 3.14. The first-order chi connectivity index (χ1) is 15.8. The van der Waals surface area contributed by atoms with Gasteiger partial charge in [-0.05, 0) is 36.8 Å². The first-order valence-electron chi connectivity index (χ1n) is 10.4. The molecule has 0 radical (unpaired) electrons. The number of hydrogen-bond donors (Lipinski definition) is 1. The highest BCUT2D eigenvalue weighted by molar-refractivity contribution is 5.95. The normalized spacial score (nSPS) is 16.2. The molecular weight excluding hydrogens is 434 g/mol. The largest absolute Gasteiger partial charge is 0.453 e. The van der Waals surface area contributed by atoms with Gasteiger partial charge in [0, 0.05) is 30.7 Å². The number of pyridine rings is 1. The van der Waals surface area contributed by atoms with Gasteiger partial charge >= 0.3 is 6.09 Å². The van der Waals surface area contributed by atoms with E-state index in [1.807, 2.05) is 13.0 Å². The van der Waals surface area contributed by atoms with E-state index in [2.05, 4.69) is 10.3 Å². The van der Waals surface area contributed by atoms with E-state index >= 15 is 8.78 Å². The molecule has 1 aromatic carbocycles. The van der Waals surface area contributed by atoms with Crippen LogP contribution in [0.1, 0.15) is 15.9 Å². The van der Waals surface area contributed by atoms with Gasteiger partial charge in [0.05, 0.1) is 44.2 Å². The van der Waals surface area contributed by atoms with Crippen molar-refractivity contribution in [3.63, 3.8) is 0 Å². The highest BCUT2D eigenvalue weighted by Crippen LogP contribution is 2.33. The van der Waals surface area contributed by atoms with Crippen LogP contribution in [0.5, 0.6) is 0 Å². The molecule has 10 heteroatoms. The van der Waals surface area contributed by atoms with Crippen molar-refractivity contribution in [2.45, 2.75) is 19.6 Å². The number of aromatic nitrogens is 2. The number of nitrogens with one attached hydrogen (secondary N) is 1. The number of fused-ring (bicyclic) bond motifs is 1. The van der Waals surface area contributed by atoms with E-state index in [-0.39, 0.29) is 29.9 Å². The predicted octanol–water partition coefficient (Wildman–Crippen LogP) is 3.12. The summed E-state index contributed by atoms with van der Waals surface area (Å²) in [6.07, 6.45) is 0.773. The molecule has 3 heterocycles. The van der Waals surface area contributed by atoms with Crippen LogP contribution >= 0.6 is 0 Å². The Bertz CT molecular complexity index is 1200. The molecule has 33 heavy (non-hydrogen) atoms. The average molecular weight is 458 g/mol. The zero-order chi connectivity index (χ0) is 23.7. The predicted molar refractivity (Wildman–Crippen MR) is 117 cm³/mol. The van der Waals surface area contributed by atoms with E-state index in [9.17, 15) is 9.59 Å². The lowest BCUT2D eigenvalue weighted by Crippen LogP contribution is -2.47. The monoisotopic (exact) mass is 458 g/mol. The molecule has 1 atom stereocenters. The second-order valence-corrected chi connectivity index (χ2v) is 7.87. The molecule has 1 aliphatic heterocycles. The Kier molecular flexibility index (Phi) is 6.28. The molecule has 0 spiro atoms. The molecule has 0 aliphatic carbocycles. The number of nitrogens with zero attached hydrogens (tertiary/aromatic N) is 3. The molecule has 1 N–H and O–H groups in total. The highest BCUT2D eigenvalue weighted by atomic mass is 19.1. The van der Waals surface area contributed by atoms with Crippen molar-refractivity contribution in [3.05, 3.63) is 53.2 Å². The summed E-state index contributed by atoms with van der Waals surface area (Å²) in [6.45, 7) is 3.05. The van der Waals surface area contributed by atoms with Crippen molar-refractivity contribution in [3.8, 4) is 11.3 Å². The van der Waals surface area contributed by atoms with Crippen LogP contribution in [0.15, 0.2) is 30.5 Å². The Labute approximate surface area is 189 Å². The van der Waals surface area contributed by atoms with Gasteiger partial charge in [0.25, 0.3) is 5.91 Å². The number of ether oxygens (including phenoxy) is 2.